The zero-order valence-electron chi connectivity index (χ0n) is 14.0. The van der Waals surface area contributed by atoms with Crippen LogP contribution in [-0.2, 0) is 4.79 Å². The van der Waals surface area contributed by atoms with E-state index in [-0.39, 0.29) is 29.3 Å². The third kappa shape index (κ3) is 3.99. The van der Waals surface area contributed by atoms with Crippen LogP contribution in [0.15, 0.2) is 0 Å². The molecule has 5 atom stereocenters. The van der Waals surface area contributed by atoms with Crippen molar-refractivity contribution in [2.45, 2.75) is 30.3 Å². The summed E-state index contributed by atoms with van der Waals surface area (Å²) in [4.78, 5) is 17.0. The molecular weight excluding hydrogens is 314 g/mol. The van der Waals surface area contributed by atoms with Gasteiger partial charge in [-0.3, -0.25) is 4.79 Å². The highest BCUT2D eigenvalue weighted by molar-refractivity contribution is 6.21. The smallest absolute Gasteiger partial charge is 0.227 e. The summed E-state index contributed by atoms with van der Waals surface area (Å²) in [7, 11) is 2.10. The summed E-state index contributed by atoms with van der Waals surface area (Å²) in [6.45, 7) is 6.18. The van der Waals surface area contributed by atoms with Gasteiger partial charge in [0.1, 0.15) is 0 Å². The summed E-state index contributed by atoms with van der Waals surface area (Å²) in [6, 6.07) is 0.373. The molecule has 0 spiro atoms. The lowest BCUT2D eigenvalue weighted by Gasteiger charge is -2.43. The SMILES string of the molecule is CN1CCN(C(=O)C2CNC(C3CCNCC3N)C(Cl)C2)CC1. The normalized spacial score (nSPS) is 40.1. The Kier molecular flexibility index (Phi) is 5.80. The van der Waals surface area contributed by atoms with Crippen LogP contribution in [0.25, 0.3) is 0 Å². The van der Waals surface area contributed by atoms with Gasteiger partial charge in [0, 0.05) is 51.4 Å². The number of nitrogens with zero attached hydrogens (tertiary/aromatic N) is 2. The van der Waals surface area contributed by atoms with Crippen LogP contribution in [0.5, 0.6) is 0 Å². The van der Waals surface area contributed by atoms with Crippen molar-refractivity contribution in [2.75, 3.05) is 52.9 Å². The van der Waals surface area contributed by atoms with Gasteiger partial charge < -0.3 is 26.2 Å². The minimum absolute atomic E-state index is 0.00935. The maximum absolute atomic E-state index is 12.7. The van der Waals surface area contributed by atoms with Gasteiger partial charge in [0.25, 0.3) is 0 Å². The molecule has 0 radical (unpaired) electrons. The molecule has 3 aliphatic heterocycles. The highest BCUT2D eigenvalue weighted by Crippen LogP contribution is 2.29. The molecule has 0 aromatic rings. The summed E-state index contributed by atoms with van der Waals surface area (Å²) >= 11 is 6.66. The number of hydrogen-bond donors (Lipinski definition) is 3. The number of piperidine rings is 2. The molecule has 7 heteroatoms. The van der Waals surface area contributed by atoms with Crippen molar-refractivity contribution in [3.8, 4) is 0 Å². The molecule has 23 heavy (non-hydrogen) atoms. The van der Waals surface area contributed by atoms with E-state index in [1.807, 2.05) is 4.90 Å². The molecule has 0 aliphatic carbocycles. The van der Waals surface area contributed by atoms with E-state index >= 15 is 0 Å². The van der Waals surface area contributed by atoms with Gasteiger partial charge in [-0.25, -0.2) is 0 Å². The Hall–Kier alpha value is -0.400. The molecule has 3 heterocycles. The predicted molar refractivity (Wildman–Crippen MR) is 92.6 cm³/mol. The highest BCUT2D eigenvalue weighted by atomic mass is 35.5. The maximum Gasteiger partial charge on any atom is 0.227 e. The summed E-state index contributed by atoms with van der Waals surface area (Å²) in [5.41, 5.74) is 6.26. The summed E-state index contributed by atoms with van der Waals surface area (Å²) in [5, 5.41) is 6.87. The minimum Gasteiger partial charge on any atom is -0.340 e. The Morgan fingerprint density at radius 1 is 1.22 bits per heavy atom. The Balaban J connectivity index is 1.54. The van der Waals surface area contributed by atoms with Crippen molar-refractivity contribution in [3.63, 3.8) is 0 Å². The average molecular weight is 344 g/mol. The minimum atomic E-state index is -0.0145. The van der Waals surface area contributed by atoms with Gasteiger partial charge in [0.15, 0.2) is 0 Å². The molecule has 3 rings (SSSR count). The quantitative estimate of drug-likeness (QED) is 0.577. The molecule has 5 unspecified atom stereocenters. The van der Waals surface area contributed by atoms with E-state index in [2.05, 4.69) is 22.6 Å². The predicted octanol–water partition coefficient (Wildman–Crippen LogP) is -0.717. The fourth-order valence-electron chi connectivity index (χ4n) is 4.15. The molecule has 6 nitrogen and oxygen atoms in total. The van der Waals surface area contributed by atoms with Crippen molar-refractivity contribution >= 4 is 17.5 Å². The second-order valence-electron chi connectivity index (χ2n) is 7.33. The lowest BCUT2D eigenvalue weighted by atomic mass is 9.80. The molecule has 1 amide bonds. The lowest BCUT2D eigenvalue weighted by Crippen LogP contribution is -2.61. The Morgan fingerprint density at radius 2 is 1.96 bits per heavy atom. The highest BCUT2D eigenvalue weighted by Gasteiger charge is 2.40. The first-order chi connectivity index (χ1) is 11.1. The van der Waals surface area contributed by atoms with Crippen molar-refractivity contribution in [1.82, 2.24) is 20.4 Å². The van der Waals surface area contributed by atoms with E-state index in [1.54, 1.807) is 0 Å². The molecule has 0 saturated carbocycles. The second-order valence-corrected chi connectivity index (χ2v) is 7.89. The van der Waals surface area contributed by atoms with Gasteiger partial charge in [0.05, 0.1) is 11.3 Å². The number of amides is 1. The third-order valence-electron chi connectivity index (χ3n) is 5.71. The second kappa shape index (κ2) is 7.66. The van der Waals surface area contributed by atoms with Crippen LogP contribution in [-0.4, -0.2) is 86.0 Å². The van der Waals surface area contributed by atoms with E-state index in [4.69, 9.17) is 17.3 Å². The number of nitrogens with one attached hydrogen (secondary N) is 2. The fourth-order valence-corrected chi connectivity index (χ4v) is 4.64. The van der Waals surface area contributed by atoms with Crippen LogP contribution in [0, 0.1) is 11.8 Å². The van der Waals surface area contributed by atoms with E-state index in [9.17, 15) is 4.79 Å². The molecule has 4 N–H and O–H groups in total. The Labute approximate surface area is 144 Å². The van der Waals surface area contributed by atoms with Crippen molar-refractivity contribution in [1.29, 1.82) is 0 Å². The van der Waals surface area contributed by atoms with Crippen LogP contribution in [0.2, 0.25) is 0 Å². The molecule has 3 aliphatic rings. The largest absolute Gasteiger partial charge is 0.340 e. The number of piperazine rings is 1. The van der Waals surface area contributed by atoms with Crippen LogP contribution >= 0.6 is 11.6 Å². The zero-order chi connectivity index (χ0) is 16.4. The van der Waals surface area contributed by atoms with Crippen molar-refractivity contribution < 1.29 is 4.79 Å². The number of alkyl halides is 1. The molecule has 3 fully saturated rings. The van der Waals surface area contributed by atoms with Gasteiger partial charge in [-0.2, -0.15) is 0 Å². The number of halogens is 1. The number of rotatable bonds is 2. The first kappa shape index (κ1) is 17.4. The van der Waals surface area contributed by atoms with Gasteiger partial charge in [-0.15, -0.1) is 11.6 Å². The lowest BCUT2D eigenvalue weighted by molar-refractivity contribution is -0.138. The average Bonchev–Trinajstić information content (AvgIpc) is 2.56. The number of hydrogen-bond acceptors (Lipinski definition) is 5. The summed E-state index contributed by atoms with van der Waals surface area (Å²) in [6.07, 6.45) is 1.82. The van der Waals surface area contributed by atoms with E-state index in [0.717, 1.165) is 58.7 Å². The Morgan fingerprint density at radius 3 is 2.61 bits per heavy atom. The van der Waals surface area contributed by atoms with Gasteiger partial charge in [-0.1, -0.05) is 0 Å². The third-order valence-corrected chi connectivity index (χ3v) is 6.16. The standard InChI is InChI=1S/C16H30ClN5O/c1-21-4-6-22(7-5-21)16(23)11-8-13(17)15(20-9-11)12-2-3-19-10-14(12)18/h11-15,19-20H,2-10,18H2,1H3. The Bertz CT molecular complexity index is 415. The van der Waals surface area contributed by atoms with E-state index < -0.39 is 0 Å². The first-order valence-electron chi connectivity index (χ1n) is 8.87. The number of carbonyl (C=O) groups is 1. The first-order valence-corrected chi connectivity index (χ1v) is 9.31. The van der Waals surface area contributed by atoms with Gasteiger partial charge in [-0.05, 0) is 32.4 Å². The molecule has 0 aromatic heterocycles. The molecule has 0 aromatic carbocycles. The van der Waals surface area contributed by atoms with E-state index in [1.165, 1.54) is 0 Å². The van der Waals surface area contributed by atoms with Crippen molar-refractivity contribution in [2.24, 2.45) is 17.6 Å². The number of likely N-dealkylation sites (N-methyl/N-ethyl adjacent to an activating group) is 1. The van der Waals surface area contributed by atoms with Crippen molar-refractivity contribution in [3.05, 3.63) is 0 Å². The molecule has 132 valence electrons. The maximum atomic E-state index is 12.7. The van der Waals surface area contributed by atoms with Gasteiger partial charge >= 0.3 is 0 Å². The molecule has 3 saturated heterocycles. The monoisotopic (exact) mass is 343 g/mol. The van der Waals surface area contributed by atoms with Crippen LogP contribution in [0.3, 0.4) is 0 Å². The number of nitrogens with two attached hydrogens (primary N) is 1. The van der Waals surface area contributed by atoms with E-state index in [0.29, 0.717) is 5.92 Å². The zero-order valence-corrected chi connectivity index (χ0v) is 14.8. The van der Waals surface area contributed by atoms with Crippen LogP contribution in [0.1, 0.15) is 12.8 Å². The van der Waals surface area contributed by atoms with Crippen LogP contribution in [0.4, 0.5) is 0 Å². The fraction of sp³-hybridized carbons (Fsp3) is 0.938. The van der Waals surface area contributed by atoms with Crippen LogP contribution < -0.4 is 16.4 Å². The van der Waals surface area contributed by atoms with Gasteiger partial charge in [0.2, 0.25) is 5.91 Å². The molecule has 0 bridgehead atoms. The summed E-state index contributed by atoms with van der Waals surface area (Å²) < 4.78 is 0. The summed E-state index contributed by atoms with van der Waals surface area (Å²) in [5.74, 6) is 0.679. The topological polar surface area (TPSA) is 73.6 Å². The molecular formula is C16H30ClN5O. The number of carbonyl (C=O) groups excluding carboxylic acids is 1.